The van der Waals surface area contributed by atoms with Crippen LogP contribution in [0.2, 0.25) is 0 Å². The second-order valence-corrected chi connectivity index (χ2v) is 8.81. The highest BCUT2D eigenvalue weighted by atomic mass is 19.1. The number of anilines is 1. The zero-order valence-electron chi connectivity index (χ0n) is 19.5. The summed E-state index contributed by atoms with van der Waals surface area (Å²) in [6.45, 7) is 4.67. The fourth-order valence-corrected chi connectivity index (χ4v) is 4.37. The smallest absolute Gasteiger partial charge is 0.259 e. The number of pyridine rings is 1. The number of aromatic nitrogens is 3. The van der Waals surface area contributed by atoms with Gasteiger partial charge in [-0.25, -0.2) is 4.39 Å². The summed E-state index contributed by atoms with van der Waals surface area (Å²) >= 11 is 0. The van der Waals surface area contributed by atoms with Gasteiger partial charge in [-0.3, -0.25) is 9.59 Å². The molecule has 2 aromatic heterocycles. The molecule has 35 heavy (non-hydrogen) atoms. The van der Waals surface area contributed by atoms with Gasteiger partial charge in [0.1, 0.15) is 5.82 Å². The summed E-state index contributed by atoms with van der Waals surface area (Å²) in [6, 6.07) is 14.0. The number of H-pyrrole nitrogens is 1. The predicted octanol–water partition coefficient (Wildman–Crippen LogP) is 3.70. The van der Waals surface area contributed by atoms with Crippen LogP contribution in [0.1, 0.15) is 24.3 Å². The highest BCUT2D eigenvalue weighted by Crippen LogP contribution is 2.20. The molecule has 0 aliphatic carbocycles. The van der Waals surface area contributed by atoms with E-state index in [9.17, 15) is 14.0 Å². The fraction of sp³-hybridized carbons (Fsp3) is 0.308. The van der Waals surface area contributed by atoms with Gasteiger partial charge in [-0.05, 0) is 61.2 Å². The number of carbonyl (C=O) groups excluding carboxylic acids is 1. The van der Waals surface area contributed by atoms with Gasteiger partial charge in [-0.15, -0.1) is 0 Å². The number of nitrogens with one attached hydrogen (secondary N) is 1. The highest BCUT2D eigenvalue weighted by molar-refractivity contribution is 5.83. The molecule has 1 aliphatic rings. The van der Waals surface area contributed by atoms with Crippen molar-refractivity contribution in [3.8, 4) is 11.4 Å². The van der Waals surface area contributed by atoms with Gasteiger partial charge in [0.05, 0.1) is 5.56 Å². The molecule has 0 unspecified atom stereocenters. The Morgan fingerprint density at radius 3 is 2.63 bits per heavy atom. The van der Waals surface area contributed by atoms with Crippen molar-refractivity contribution in [1.82, 2.24) is 20.0 Å². The topological polar surface area (TPSA) is 95.3 Å². The van der Waals surface area contributed by atoms with E-state index >= 15 is 0 Å². The van der Waals surface area contributed by atoms with Gasteiger partial charge < -0.3 is 19.3 Å². The number of rotatable bonds is 6. The number of aryl methyl sites for hydroxylation is 2. The van der Waals surface area contributed by atoms with Gasteiger partial charge in [0.25, 0.3) is 5.56 Å². The van der Waals surface area contributed by atoms with E-state index in [-0.39, 0.29) is 23.1 Å². The number of benzene rings is 2. The molecule has 1 N–H and O–H groups in total. The number of fused-ring (bicyclic) bond motifs is 1. The molecule has 9 heteroatoms. The number of carbonyl (C=O) groups is 1. The van der Waals surface area contributed by atoms with Gasteiger partial charge in [0.15, 0.2) is 0 Å². The van der Waals surface area contributed by atoms with Crippen LogP contribution in [0.25, 0.3) is 22.3 Å². The maximum atomic E-state index is 13.1. The lowest BCUT2D eigenvalue weighted by Crippen LogP contribution is -2.48. The number of nitrogens with zero attached hydrogens (tertiary/aromatic N) is 4. The predicted molar refractivity (Wildman–Crippen MR) is 131 cm³/mol. The lowest BCUT2D eigenvalue weighted by Gasteiger charge is -2.36. The molecule has 1 amide bonds. The van der Waals surface area contributed by atoms with Crippen LogP contribution < -0.4 is 10.5 Å². The largest absolute Gasteiger partial charge is 0.368 e. The average Bonchev–Trinajstić information content (AvgIpc) is 3.33. The maximum absolute atomic E-state index is 13.1. The summed E-state index contributed by atoms with van der Waals surface area (Å²) in [7, 11) is 0. The Morgan fingerprint density at radius 1 is 1.09 bits per heavy atom. The zero-order chi connectivity index (χ0) is 24.4. The molecule has 0 radical (unpaired) electrons. The van der Waals surface area contributed by atoms with Crippen LogP contribution in [-0.2, 0) is 11.2 Å². The van der Waals surface area contributed by atoms with Crippen LogP contribution in [-0.4, -0.2) is 52.1 Å². The first kappa shape index (κ1) is 22.8. The third kappa shape index (κ3) is 5.08. The molecular formula is C26H26FN5O3. The standard InChI is InChI=1S/C26H26FN5O3/c1-17-5-10-22-18(15-17)16-21(26(34)28-22)25-29-23(35-30-25)3-2-4-24(33)32-13-11-31(12-14-32)20-8-6-19(27)7-9-20/h5-10,15-16H,2-4,11-14H2,1H3,(H,28,34). The summed E-state index contributed by atoms with van der Waals surface area (Å²) in [5, 5.41) is 4.88. The molecule has 0 atom stereocenters. The van der Waals surface area contributed by atoms with E-state index in [1.54, 1.807) is 18.2 Å². The van der Waals surface area contributed by atoms with Gasteiger partial charge in [0, 0.05) is 50.2 Å². The zero-order valence-corrected chi connectivity index (χ0v) is 19.5. The Bertz CT molecular complexity index is 1400. The molecular weight excluding hydrogens is 449 g/mol. The number of aromatic amines is 1. The SMILES string of the molecule is Cc1ccc2[nH]c(=O)c(-c3noc(CCCC(=O)N4CCN(c5ccc(F)cc5)CC4)n3)cc2c1. The molecule has 8 nitrogen and oxygen atoms in total. The lowest BCUT2D eigenvalue weighted by molar-refractivity contribution is -0.131. The molecule has 5 rings (SSSR count). The van der Waals surface area contributed by atoms with Crippen molar-refractivity contribution in [2.45, 2.75) is 26.2 Å². The minimum atomic E-state index is -0.274. The van der Waals surface area contributed by atoms with Crippen LogP contribution in [0.4, 0.5) is 10.1 Å². The molecule has 180 valence electrons. The molecule has 3 heterocycles. The second-order valence-electron chi connectivity index (χ2n) is 8.81. The Morgan fingerprint density at radius 2 is 1.86 bits per heavy atom. The molecule has 1 saturated heterocycles. The minimum absolute atomic E-state index is 0.0878. The molecule has 1 aliphatic heterocycles. The second kappa shape index (κ2) is 9.69. The number of hydrogen-bond acceptors (Lipinski definition) is 6. The Kier molecular flexibility index (Phi) is 6.31. The molecule has 1 fully saturated rings. The fourth-order valence-electron chi connectivity index (χ4n) is 4.37. The van der Waals surface area contributed by atoms with E-state index in [1.807, 2.05) is 30.0 Å². The quantitative estimate of drug-likeness (QED) is 0.457. The van der Waals surface area contributed by atoms with Crippen LogP contribution >= 0.6 is 0 Å². The molecule has 0 saturated carbocycles. The van der Waals surface area contributed by atoms with Crippen molar-refractivity contribution in [1.29, 1.82) is 0 Å². The summed E-state index contributed by atoms with van der Waals surface area (Å²) in [6.07, 6.45) is 1.41. The van der Waals surface area contributed by atoms with E-state index in [2.05, 4.69) is 20.0 Å². The van der Waals surface area contributed by atoms with E-state index in [0.717, 1.165) is 22.2 Å². The summed E-state index contributed by atoms with van der Waals surface area (Å²) in [5.74, 6) is 0.477. The van der Waals surface area contributed by atoms with E-state index < -0.39 is 0 Å². The number of halogens is 1. The Labute approximate surface area is 201 Å². The molecule has 4 aromatic rings. The van der Waals surface area contributed by atoms with E-state index in [4.69, 9.17) is 4.52 Å². The van der Waals surface area contributed by atoms with Gasteiger partial charge in [0.2, 0.25) is 17.6 Å². The average molecular weight is 476 g/mol. The van der Waals surface area contributed by atoms with Gasteiger partial charge in [-0.1, -0.05) is 16.8 Å². The van der Waals surface area contributed by atoms with Crippen molar-refractivity contribution in [3.05, 3.63) is 76.2 Å². The van der Waals surface area contributed by atoms with Crippen molar-refractivity contribution in [2.75, 3.05) is 31.1 Å². The maximum Gasteiger partial charge on any atom is 0.259 e. The molecule has 0 bridgehead atoms. The summed E-state index contributed by atoms with van der Waals surface area (Å²) < 4.78 is 18.5. The van der Waals surface area contributed by atoms with E-state index in [0.29, 0.717) is 56.9 Å². The van der Waals surface area contributed by atoms with Crippen LogP contribution in [0.5, 0.6) is 0 Å². The normalized spacial score (nSPS) is 14.0. The summed E-state index contributed by atoms with van der Waals surface area (Å²) in [4.78, 5) is 36.4. The number of piperazine rings is 1. The van der Waals surface area contributed by atoms with Crippen molar-refractivity contribution in [3.63, 3.8) is 0 Å². The number of amides is 1. The van der Waals surface area contributed by atoms with Gasteiger partial charge in [-0.2, -0.15) is 4.98 Å². The van der Waals surface area contributed by atoms with Crippen LogP contribution in [0.15, 0.2) is 57.8 Å². The van der Waals surface area contributed by atoms with Crippen molar-refractivity contribution in [2.24, 2.45) is 0 Å². The summed E-state index contributed by atoms with van der Waals surface area (Å²) in [5.41, 5.74) is 2.89. The first-order valence-corrected chi connectivity index (χ1v) is 11.7. The first-order chi connectivity index (χ1) is 17.0. The third-order valence-electron chi connectivity index (χ3n) is 6.31. The monoisotopic (exact) mass is 475 g/mol. The highest BCUT2D eigenvalue weighted by Gasteiger charge is 2.21. The number of hydrogen-bond donors (Lipinski definition) is 1. The van der Waals surface area contributed by atoms with Crippen LogP contribution in [0, 0.1) is 12.7 Å². The third-order valence-corrected chi connectivity index (χ3v) is 6.31. The van der Waals surface area contributed by atoms with Crippen LogP contribution in [0.3, 0.4) is 0 Å². The first-order valence-electron chi connectivity index (χ1n) is 11.7. The van der Waals surface area contributed by atoms with Crippen molar-refractivity contribution < 1.29 is 13.7 Å². The Balaban J connectivity index is 1.14. The Hall–Kier alpha value is -4.01. The molecule has 2 aromatic carbocycles. The van der Waals surface area contributed by atoms with Crippen molar-refractivity contribution >= 4 is 22.5 Å². The van der Waals surface area contributed by atoms with Gasteiger partial charge >= 0.3 is 0 Å². The minimum Gasteiger partial charge on any atom is -0.368 e. The molecule has 0 spiro atoms. The van der Waals surface area contributed by atoms with E-state index in [1.165, 1.54) is 12.1 Å². The lowest BCUT2D eigenvalue weighted by atomic mass is 10.1.